The van der Waals surface area contributed by atoms with E-state index in [2.05, 4.69) is 10.6 Å². The average Bonchev–Trinajstić information content (AvgIpc) is 2.39. The minimum absolute atomic E-state index is 0.0261. The second kappa shape index (κ2) is 6.26. The molecule has 0 saturated heterocycles. The Balaban J connectivity index is 1.87. The van der Waals surface area contributed by atoms with Crippen LogP contribution >= 0.6 is 0 Å². The molecule has 1 saturated carbocycles. The summed E-state index contributed by atoms with van der Waals surface area (Å²) >= 11 is 0. The highest BCUT2D eigenvalue weighted by Crippen LogP contribution is 2.32. The molecule has 2 rings (SSSR count). The van der Waals surface area contributed by atoms with Crippen molar-refractivity contribution in [2.45, 2.75) is 45.1 Å². The largest absolute Gasteiger partial charge is 0.326 e. The number of amides is 2. The molecule has 0 bridgehead atoms. The SMILES string of the molecule is CC(C)C(=O)Nc1ccc(NC(=O)CC2(N)CCC2)cc1. The molecular formula is C16H23N3O2. The van der Waals surface area contributed by atoms with Gasteiger partial charge in [-0.2, -0.15) is 0 Å². The summed E-state index contributed by atoms with van der Waals surface area (Å²) in [7, 11) is 0. The highest BCUT2D eigenvalue weighted by molar-refractivity contribution is 5.94. The molecule has 0 spiro atoms. The van der Waals surface area contributed by atoms with Crippen LogP contribution in [0.25, 0.3) is 0 Å². The molecule has 0 unspecified atom stereocenters. The first kappa shape index (κ1) is 15.5. The van der Waals surface area contributed by atoms with Crippen LogP contribution in [0.3, 0.4) is 0 Å². The van der Waals surface area contributed by atoms with Gasteiger partial charge >= 0.3 is 0 Å². The van der Waals surface area contributed by atoms with Crippen LogP contribution in [0.2, 0.25) is 0 Å². The van der Waals surface area contributed by atoms with E-state index in [-0.39, 0.29) is 23.3 Å². The molecule has 5 heteroatoms. The lowest BCUT2D eigenvalue weighted by molar-refractivity contribution is -0.119. The van der Waals surface area contributed by atoms with Gasteiger partial charge in [0.1, 0.15) is 0 Å². The fraction of sp³-hybridized carbons (Fsp3) is 0.500. The van der Waals surface area contributed by atoms with Crippen molar-refractivity contribution in [2.75, 3.05) is 10.6 Å². The van der Waals surface area contributed by atoms with E-state index in [4.69, 9.17) is 5.73 Å². The van der Waals surface area contributed by atoms with E-state index in [0.717, 1.165) is 24.9 Å². The summed E-state index contributed by atoms with van der Waals surface area (Å²) in [6.45, 7) is 3.68. The predicted octanol–water partition coefficient (Wildman–Crippen LogP) is 2.49. The van der Waals surface area contributed by atoms with Crippen molar-refractivity contribution in [1.82, 2.24) is 0 Å². The van der Waals surface area contributed by atoms with Crippen LogP contribution in [0.15, 0.2) is 24.3 Å². The summed E-state index contributed by atoms with van der Waals surface area (Å²) in [6, 6.07) is 7.10. The molecule has 1 aliphatic rings. The van der Waals surface area contributed by atoms with Gasteiger partial charge in [-0.1, -0.05) is 13.8 Å². The quantitative estimate of drug-likeness (QED) is 0.778. The maximum absolute atomic E-state index is 11.9. The number of nitrogens with two attached hydrogens (primary N) is 1. The number of hydrogen-bond acceptors (Lipinski definition) is 3. The first-order valence-corrected chi connectivity index (χ1v) is 7.38. The number of hydrogen-bond donors (Lipinski definition) is 3. The molecule has 1 aromatic rings. The van der Waals surface area contributed by atoms with E-state index >= 15 is 0 Å². The summed E-state index contributed by atoms with van der Waals surface area (Å²) in [5, 5.41) is 5.64. The zero-order valence-electron chi connectivity index (χ0n) is 12.6. The van der Waals surface area contributed by atoms with Crippen LogP contribution in [0, 0.1) is 5.92 Å². The lowest BCUT2D eigenvalue weighted by Crippen LogP contribution is -2.48. The zero-order valence-corrected chi connectivity index (χ0v) is 12.6. The van der Waals surface area contributed by atoms with Crippen LogP contribution in [0.4, 0.5) is 11.4 Å². The molecule has 1 aliphatic carbocycles. The zero-order chi connectivity index (χ0) is 15.5. The molecule has 0 atom stereocenters. The minimum atomic E-state index is -0.310. The summed E-state index contributed by atoms with van der Waals surface area (Å²) in [5.41, 5.74) is 7.18. The van der Waals surface area contributed by atoms with Crippen molar-refractivity contribution in [2.24, 2.45) is 11.7 Å². The van der Waals surface area contributed by atoms with Gasteiger partial charge in [-0.05, 0) is 43.5 Å². The minimum Gasteiger partial charge on any atom is -0.326 e. The van der Waals surface area contributed by atoms with Crippen molar-refractivity contribution >= 4 is 23.2 Å². The Labute approximate surface area is 125 Å². The Bertz CT molecular complexity index is 519. The number of anilines is 2. The van der Waals surface area contributed by atoms with E-state index in [0.29, 0.717) is 12.1 Å². The molecule has 0 aliphatic heterocycles. The molecule has 0 aromatic heterocycles. The van der Waals surface area contributed by atoms with Gasteiger partial charge in [-0.25, -0.2) is 0 Å². The Morgan fingerprint density at radius 2 is 1.67 bits per heavy atom. The van der Waals surface area contributed by atoms with E-state index in [1.807, 2.05) is 13.8 Å². The monoisotopic (exact) mass is 289 g/mol. The van der Waals surface area contributed by atoms with E-state index < -0.39 is 0 Å². The number of benzene rings is 1. The van der Waals surface area contributed by atoms with Gasteiger partial charge in [0.15, 0.2) is 0 Å². The van der Waals surface area contributed by atoms with Crippen molar-refractivity contribution in [3.63, 3.8) is 0 Å². The number of carbonyl (C=O) groups excluding carboxylic acids is 2. The predicted molar refractivity (Wildman–Crippen MR) is 83.9 cm³/mol. The van der Waals surface area contributed by atoms with Crippen molar-refractivity contribution in [1.29, 1.82) is 0 Å². The summed E-state index contributed by atoms with van der Waals surface area (Å²) < 4.78 is 0. The number of nitrogens with one attached hydrogen (secondary N) is 2. The van der Waals surface area contributed by atoms with Gasteiger partial charge in [-0.3, -0.25) is 9.59 Å². The average molecular weight is 289 g/mol. The third-order valence-corrected chi connectivity index (χ3v) is 3.82. The van der Waals surface area contributed by atoms with Crippen LogP contribution in [0.5, 0.6) is 0 Å². The smallest absolute Gasteiger partial charge is 0.226 e. The fourth-order valence-electron chi connectivity index (χ4n) is 2.26. The molecular weight excluding hydrogens is 266 g/mol. The first-order valence-electron chi connectivity index (χ1n) is 7.38. The van der Waals surface area contributed by atoms with Crippen LogP contribution in [-0.4, -0.2) is 17.4 Å². The summed E-state index contributed by atoms with van der Waals surface area (Å²) in [6.07, 6.45) is 3.30. The van der Waals surface area contributed by atoms with Gasteiger partial charge < -0.3 is 16.4 Å². The fourth-order valence-corrected chi connectivity index (χ4v) is 2.26. The Morgan fingerprint density at radius 1 is 1.14 bits per heavy atom. The molecule has 114 valence electrons. The number of carbonyl (C=O) groups is 2. The molecule has 21 heavy (non-hydrogen) atoms. The van der Waals surface area contributed by atoms with Crippen LogP contribution in [0.1, 0.15) is 39.5 Å². The normalized spacial score (nSPS) is 16.2. The lowest BCUT2D eigenvalue weighted by atomic mass is 9.75. The Kier molecular flexibility index (Phi) is 4.63. The topological polar surface area (TPSA) is 84.2 Å². The maximum Gasteiger partial charge on any atom is 0.226 e. The third kappa shape index (κ3) is 4.29. The molecule has 0 radical (unpaired) electrons. The third-order valence-electron chi connectivity index (χ3n) is 3.82. The molecule has 4 N–H and O–H groups in total. The Morgan fingerprint density at radius 3 is 2.10 bits per heavy atom. The van der Waals surface area contributed by atoms with Gasteiger partial charge in [0.25, 0.3) is 0 Å². The maximum atomic E-state index is 11.9. The molecule has 1 aromatic carbocycles. The van der Waals surface area contributed by atoms with E-state index in [1.54, 1.807) is 24.3 Å². The summed E-state index contributed by atoms with van der Waals surface area (Å²) in [4.78, 5) is 23.5. The van der Waals surface area contributed by atoms with Crippen molar-refractivity contribution in [3.8, 4) is 0 Å². The lowest BCUT2D eigenvalue weighted by Gasteiger charge is -2.37. The molecule has 5 nitrogen and oxygen atoms in total. The van der Waals surface area contributed by atoms with Gasteiger partial charge in [0.2, 0.25) is 11.8 Å². The van der Waals surface area contributed by atoms with Crippen molar-refractivity contribution < 1.29 is 9.59 Å². The number of rotatable bonds is 5. The van der Waals surface area contributed by atoms with Crippen molar-refractivity contribution in [3.05, 3.63) is 24.3 Å². The standard InChI is InChI=1S/C16H23N3O2/c1-11(2)15(21)19-13-6-4-12(5-7-13)18-14(20)10-16(17)8-3-9-16/h4-7,11H,3,8-10,17H2,1-2H3,(H,18,20)(H,19,21). The second-order valence-corrected chi connectivity index (χ2v) is 6.16. The van der Waals surface area contributed by atoms with E-state index in [1.165, 1.54) is 0 Å². The first-order chi connectivity index (χ1) is 9.88. The second-order valence-electron chi connectivity index (χ2n) is 6.16. The van der Waals surface area contributed by atoms with Gasteiger partial charge in [-0.15, -0.1) is 0 Å². The summed E-state index contributed by atoms with van der Waals surface area (Å²) in [5.74, 6) is -0.148. The van der Waals surface area contributed by atoms with Crippen LogP contribution < -0.4 is 16.4 Å². The van der Waals surface area contributed by atoms with E-state index in [9.17, 15) is 9.59 Å². The highest BCUT2D eigenvalue weighted by atomic mass is 16.2. The highest BCUT2D eigenvalue weighted by Gasteiger charge is 2.34. The Hall–Kier alpha value is -1.88. The van der Waals surface area contributed by atoms with Gasteiger partial charge in [0.05, 0.1) is 0 Å². The van der Waals surface area contributed by atoms with Crippen LogP contribution in [-0.2, 0) is 9.59 Å². The molecule has 0 heterocycles. The van der Waals surface area contributed by atoms with Gasteiger partial charge in [0, 0.05) is 29.3 Å². The molecule has 2 amide bonds. The molecule has 1 fully saturated rings.